The second-order valence-corrected chi connectivity index (χ2v) is 11.1. The van der Waals surface area contributed by atoms with Crippen molar-refractivity contribution in [1.29, 1.82) is 0 Å². The lowest BCUT2D eigenvalue weighted by atomic mass is 9.99. The monoisotopic (exact) mass is 498 g/mol. The molecule has 0 aliphatic carbocycles. The van der Waals surface area contributed by atoms with Crippen molar-refractivity contribution >= 4 is 17.8 Å². The van der Waals surface area contributed by atoms with Crippen LogP contribution in [0.4, 0.5) is 0 Å². The summed E-state index contributed by atoms with van der Waals surface area (Å²) in [6.07, 6.45) is 1.39. The van der Waals surface area contributed by atoms with Crippen LogP contribution >= 0.6 is 0 Å². The van der Waals surface area contributed by atoms with Crippen LogP contribution in [0, 0.1) is 5.92 Å². The standard InChI is InChI=1S/C27H38N4O5/c1-26(2,3)35-22(32)12-13-29-24(33)18-9-7-8-17(14-18)23-20(15-28)31-16-19(10-11-21(31)30-23)25(34)36-27(4,5)6/h7-9,14,19H,10-13,15-16,28H2,1-6H3,(H,29,33). The van der Waals surface area contributed by atoms with Crippen LogP contribution in [0.1, 0.15) is 76.3 Å². The number of hydrogen-bond donors (Lipinski definition) is 2. The molecule has 2 aromatic rings. The molecule has 36 heavy (non-hydrogen) atoms. The van der Waals surface area contributed by atoms with Gasteiger partial charge in [0.25, 0.3) is 5.91 Å². The maximum atomic E-state index is 12.7. The molecule has 9 heteroatoms. The zero-order chi connectivity index (χ0) is 26.7. The van der Waals surface area contributed by atoms with Crippen LogP contribution < -0.4 is 11.1 Å². The van der Waals surface area contributed by atoms with Gasteiger partial charge in [-0.3, -0.25) is 14.4 Å². The summed E-state index contributed by atoms with van der Waals surface area (Å²) in [6, 6.07) is 7.15. The number of hydrogen-bond acceptors (Lipinski definition) is 7. The van der Waals surface area contributed by atoms with Crippen molar-refractivity contribution in [1.82, 2.24) is 14.9 Å². The fourth-order valence-corrected chi connectivity index (χ4v) is 4.15. The summed E-state index contributed by atoms with van der Waals surface area (Å²) < 4.78 is 12.9. The highest BCUT2D eigenvalue weighted by atomic mass is 16.6. The van der Waals surface area contributed by atoms with Gasteiger partial charge in [0.15, 0.2) is 0 Å². The van der Waals surface area contributed by atoms with E-state index in [1.54, 1.807) is 39.0 Å². The summed E-state index contributed by atoms with van der Waals surface area (Å²) in [7, 11) is 0. The lowest BCUT2D eigenvalue weighted by Gasteiger charge is -2.27. The molecule has 1 aliphatic heterocycles. The molecule has 0 bridgehead atoms. The normalized spacial score (nSPS) is 15.7. The van der Waals surface area contributed by atoms with Gasteiger partial charge in [-0.1, -0.05) is 12.1 Å². The van der Waals surface area contributed by atoms with Crippen LogP contribution in [-0.2, 0) is 38.6 Å². The molecule has 1 unspecified atom stereocenters. The number of amides is 1. The summed E-state index contributed by atoms with van der Waals surface area (Å²) in [5.74, 6) is -0.249. The zero-order valence-electron chi connectivity index (χ0n) is 22.1. The molecule has 3 N–H and O–H groups in total. The molecule has 0 spiro atoms. The Morgan fingerprint density at radius 1 is 1.11 bits per heavy atom. The van der Waals surface area contributed by atoms with Crippen molar-refractivity contribution < 1.29 is 23.9 Å². The van der Waals surface area contributed by atoms with Crippen molar-refractivity contribution in [2.24, 2.45) is 11.7 Å². The average Bonchev–Trinajstić information content (AvgIpc) is 3.14. The van der Waals surface area contributed by atoms with Gasteiger partial charge in [0.05, 0.1) is 23.7 Å². The van der Waals surface area contributed by atoms with Gasteiger partial charge >= 0.3 is 11.9 Å². The molecule has 0 fully saturated rings. The Kier molecular flexibility index (Phi) is 8.23. The summed E-state index contributed by atoms with van der Waals surface area (Å²) in [5, 5.41) is 2.77. The van der Waals surface area contributed by atoms with Crippen LogP contribution in [0.5, 0.6) is 0 Å². The number of rotatable bonds is 7. The molecule has 1 atom stereocenters. The summed E-state index contributed by atoms with van der Waals surface area (Å²) in [4.78, 5) is 42.1. The van der Waals surface area contributed by atoms with E-state index in [1.807, 2.05) is 31.4 Å². The number of nitrogens with zero attached hydrogens (tertiary/aromatic N) is 2. The first kappa shape index (κ1) is 27.4. The Morgan fingerprint density at radius 2 is 1.81 bits per heavy atom. The van der Waals surface area contributed by atoms with E-state index >= 15 is 0 Å². The molecule has 3 rings (SSSR count). The fraction of sp³-hybridized carbons (Fsp3) is 0.556. The molecule has 1 amide bonds. The van der Waals surface area contributed by atoms with Crippen molar-refractivity contribution in [2.45, 2.75) is 85.1 Å². The first-order valence-corrected chi connectivity index (χ1v) is 12.4. The predicted octanol–water partition coefficient (Wildman–Crippen LogP) is 3.37. The van der Waals surface area contributed by atoms with Gasteiger partial charge in [-0.15, -0.1) is 0 Å². The van der Waals surface area contributed by atoms with Crippen molar-refractivity contribution in [3.05, 3.63) is 41.3 Å². The highest BCUT2D eigenvalue weighted by Crippen LogP contribution is 2.31. The molecule has 1 aliphatic rings. The van der Waals surface area contributed by atoms with Gasteiger partial charge in [0.1, 0.15) is 17.0 Å². The van der Waals surface area contributed by atoms with E-state index in [0.29, 0.717) is 30.6 Å². The Bertz CT molecular complexity index is 1120. The summed E-state index contributed by atoms with van der Waals surface area (Å²) >= 11 is 0. The second kappa shape index (κ2) is 10.8. The van der Waals surface area contributed by atoms with E-state index < -0.39 is 11.2 Å². The maximum absolute atomic E-state index is 12.7. The van der Waals surface area contributed by atoms with Gasteiger partial charge in [0, 0.05) is 37.2 Å². The number of carbonyl (C=O) groups is 3. The first-order chi connectivity index (χ1) is 16.8. The van der Waals surface area contributed by atoms with Crippen LogP contribution in [0.15, 0.2) is 24.3 Å². The number of benzene rings is 1. The first-order valence-electron chi connectivity index (χ1n) is 12.4. The van der Waals surface area contributed by atoms with Crippen LogP contribution in [0.2, 0.25) is 0 Å². The fourth-order valence-electron chi connectivity index (χ4n) is 4.15. The van der Waals surface area contributed by atoms with Gasteiger partial charge < -0.3 is 25.1 Å². The SMILES string of the molecule is CC(C)(C)OC(=O)CCNC(=O)c1cccc(-c2nc3n(c2CN)CC(C(=O)OC(C)(C)C)CC3)c1. The number of aryl methyl sites for hydroxylation is 1. The number of ether oxygens (including phenoxy) is 2. The second-order valence-electron chi connectivity index (χ2n) is 11.1. The molecule has 2 heterocycles. The lowest BCUT2D eigenvalue weighted by molar-refractivity contribution is -0.161. The van der Waals surface area contributed by atoms with E-state index in [4.69, 9.17) is 20.2 Å². The largest absolute Gasteiger partial charge is 0.460 e. The van der Waals surface area contributed by atoms with Crippen molar-refractivity contribution in [2.75, 3.05) is 6.54 Å². The topological polar surface area (TPSA) is 126 Å². The Morgan fingerprint density at radius 3 is 2.44 bits per heavy atom. The molecule has 0 saturated carbocycles. The number of aromatic nitrogens is 2. The third-order valence-electron chi connectivity index (χ3n) is 5.64. The molecule has 1 aromatic carbocycles. The van der Waals surface area contributed by atoms with Crippen LogP contribution in [0.3, 0.4) is 0 Å². The molecular weight excluding hydrogens is 460 g/mol. The van der Waals surface area contributed by atoms with E-state index in [1.165, 1.54) is 0 Å². The third-order valence-corrected chi connectivity index (χ3v) is 5.64. The minimum Gasteiger partial charge on any atom is -0.460 e. The lowest BCUT2D eigenvalue weighted by Crippen LogP contribution is -2.34. The maximum Gasteiger partial charge on any atom is 0.311 e. The van der Waals surface area contributed by atoms with Crippen LogP contribution in [0.25, 0.3) is 11.3 Å². The Labute approximate surface area is 212 Å². The number of esters is 2. The quantitative estimate of drug-likeness (QED) is 0.561. The zero-order valence-corrected chi connectivity index (χ0v) is 22.1. The highest BCUT2D eigenvalue weighted by Gasteiger charge is 2.32. The van der Waals surface area contributed by atoms with Gasteiger partial charge in [-0.25, -0.2) is 4.98 Å². The third kappa shape index (κ3) is 7.16. The van der Waals surface area contributed by atoms with Gasteiger partial charge in [-0.2, -0.15) is 0 Å². The summed E-state index contributed by atoms with van der Waals surface area (Å²) in [5.41, 5.74) is 7.77. The highest BCUT2D eigenvalue weighted by molar-refractivity contribution is 5.95. The van der Waals surface area contributed by atoms with E-state index in [0.717, 1.165) is 17.1 Å². The van der Waals surface area contributed by atoms with Crippen molar-refractivity contribution in [3.63, 3.8) is 0 Å². The number of nitrogens with one attached hydrogen (secondary N) is 1. The molecule has 0 saturated heterocycles. The molecular formula is C27H38N4O5. The summed E-state index contributed by atoms with van der Waals surface area (Å²) in [6.45, 7) is 11.9. The van der Waals surface area contributed by atoms with Gasteiger partial charge in [-0.05, 0) is 60.1 Å². The smallest absolute Gasteiger partial charge is 0.311 e. The number of nitrogens with two attached hydrogens (primary N) is 1. The van der Waals surface area contributed by atoms with E-state index in [9.17, 15) is 14.4 Å². The molecule has 9 nitrogen and oxygen atoms in total. The Balaban J connectivity index is 1.73. The molecule has 196 valence electrons. The van der Waals surface area contributed by atoms with E-state index in [-0.39, 0.29) is 43.3 Å². The molecule has 1 aromatic heterocycles. The average molecular weight is 499 g/mol. The number of carbonyl (C=O) groups excluding carboxylic acids is 3. The van der Waals surface area contributed by atoms with Gasteiger partial charge in [0.2, 0.25) is 0 Å². The molecule has 0 radical (unpaired) electrons. The van der Waals surface area contributed by atoms with Crippen molar-refractivity contribution in [3.8, 4) is 11.3 Å². The minimum atomic E-state index is -0.563. The number of fused-ring (bicyclic) bond motifs is 1. The van der Waals surface area contributed by atoms with Crippen LogP contribution in [-0.4, -0.2) is 45.1 Å². The Hall–Kier alpha value is -3.20. The number of imidazole rings is 1. The minimum absolute atomic E-state index is 0.0899. The van der Waals surface area contributed by atoms with E-state index in [2.05, 4.69) is 5.32 Å². The predicted molar refractivity (Wildman–Crippen MR) is 136 cm³/mol.